The quantitative estimate of drug-likeness (QED) is 0.876. The van der Waals surface area contributed by atoms with E-state index in [4.69, 9.17) is 9.84 Å². The molecular weight excluding hydrogens is 362 g/mol. The lowest BCUT2D eigenvalue weighted by atomic mass is 10.1. The Kier molecular flexibility index (Phi) is 6.08. The molecule has 2 heterocycles. The number of methoxy groups -OCH3 is 1. The average molecular weight is 382 g/mol. The Balaban J connectivity index is 0.00000225. The number of likely N-dealkylation sites (tertiary alicyclic amines) is 1. The zero-order valence-electron chi connectivity index (χ0n) is 14.0. The smallest absolute Gasteiger partial charge is 0.308 e. The van der Waals surface area contributed by atoms with E-state index in [0.29, 0.717) is 24.4 Å². The lowest BCUT2D eigenvalue weighted by Crippen LogP contribution is -2.29. The maximum absolute atomic E-state index is 12.6. The van der Waals surface area contributed by atoms with Crippen LogP contribution in [0.2, 0.25) is 0 Å². The molecule has 134 valence electrons. The minimum absolute atomic E-state index is 0. The molecule has 0 radical (unpaired) electrons. The van der Waals surface area contributed by atoms with Crippen LogP contribution in [0.1, 0.15) is 21.0 Å². The molecule has 3 rings (SSSR count). The van der Waals surface area contributed by atoms with Crippen LogP contribution in [0, 0.1) is 12.8 Å². The molecule has 25 heavy (non-hydrogen) atoms. The van der Waals surface area contributed by atoms with E-state index in [1.165, 1.54) is 11.3 Å². The molecule has 1 amide bonds. The van der Waals surface area contributed by atoms with E-state index in [1.807, 2.05) is 37.3 Å². The summed E-state index contributed by atoms with van der Waals surface area (Å²) in [7, 11) is 1.63. The van der Waals surface area contributed by atoms with E-state index in [-0.39, 0.29) is 18.3 Å². The minimum Gasteiger partial charge on any atom is -0.497 e. The zero-order valence-corrected chi connectivity index (χ0v) is 15.7. The summed E-state index contributed by atoms with van der Waals surface area (Å²) in [6.45, 7) is 2.79. The number of rotatable bonds is 4. The van der Waals surface area contributed by atoms with Crippen LogP contribution in [-0.2, 0) is 4.79 Å². The monoisotopic (exact) mass is 381 g/mol. The third-order valence-electron chi connectivity index (χ3n) is 4.35. The number of carboxylic acid groups (broad SMARTS) is 1. The van der Waals surface area contributed by atoms with Crippen molar-refractivity contribution in [1.29, 1.82) is 0 Å². The van der Waals surface area contributed by atoms with Gasteiger partial charge in [0.1, 0.15) is 5.75 Å². The minimum atomic E-state index is -0.827. The van der Waals surface area contributed by atoms with Gasteiger partial charge in [-0.1, -0.05) is 12.1 Å². The molecule has 1 N–H and O–H groups in total. The number of hydrogen-bond donors (Lipinski definition) is 1. The Morgan fingerprint density at radius 3 is 2.52 bits per heavy atom. The number of hydrogen-bond acceptors (Lipinski definition) is 4. The lowest BCUT2D eigenvalue weighted by Gasteiger charge is -2.14. The molecule has 1 fully saturated rings. The third-order valence-corrected chi connectivity index (χ3v) is 5.39. The Morgan fingerprint density at radius 2 is 1.96 bits per heavy atom. The molecule has 1 aliphatic heterocycles. The molecule has 0 saturated carbocycles. The Hall–Kier alpha value is -2.05. The fraction of sp³-hybridized carbons (Fsp3) is 0.333. The van der Waals surface area contributed by atoms with E-state index < -0.39 is 11.9 Å². The summed E-state index contributed by atoms with van der Waals surface area (Å²) in [5.41, 5.74) is 2.06. The van der Waals surface area contributed by atoms with Crippen LogP contribution >= 0.6 is 23.7 Å². The Morgan fingerprint density at radius 1 is 1.28 bits per heavy atom. The molecule has 1 aromatic carbocycles. The van der Waals surface area contributed by atoms with Gasteiger partial charge in [-0.25, -0.2) is 0 Å². The van der Waals surface area contributed by atoms with Crippen LogP contribution in [0.15, 0.2) is 30.3 Å². The number of aryl methyl sites for hydroxylation is 1. The number of carbonyl (C=O) groups excluding carboxylic acids is 1. The highest BCUT2D eigenvalue weighted by atomic mass is 35.5. The standard InChI is InChI=1S/C18H19NO4S.ClH/c1-11-15(12-3-5-14(23-2)6-4-12)9-16(24-11)17(20)19-8-7-13(10-19)18(21)22;/h3-6,9,13H,7-8,10H2,1-2H3,(H,21,22);1H. The van der Waals surface area contributed by atoms with E-state index in [0.717, 1.165) is 21.8 Å². The van der Waals surface area contributed by atoms with Gasteiger partial charge in [0, 0.05) is 18.0 Å². The first kappa shape index (κ1) is 19.3. The van der Waals surface area contributed by atoms with Gasteiger partial charge < -0.3 is 14.7 Å². The first-order valence-corrected chi connectivity index (χ1v) is 8.58. The molecule has 1 saturated heterocycles. The molecule has 0 aliphatic carbocycles. The number of nitrogens with zero attached hydrogens (tertiary/aromatic N) is 1. The number of ether oxygens (including phenoxy) is 1. The Bertz CT molecular complexity index is 772. The highest BCUT2D eigenvalue weighted by Crippen LogP contribution is 2.33. The fourth-order valence-corrected chi connectivity index (χ4v) is 3.96. The molecule has 1 aromatic heterocycles. The molecule has 1 aliphatic rings. The number of carboxylic acids is 1. The van der Waals surface area contributed by atoms with Crippen molar-refractivity contribution in [3.05, 3.63) is 40.1 Å². The number of aliphatic carboxylic acids is 1. The summed E-state index contributed by atoms with van der Waals surface area (Å²) in [6, 6.07) is 9.63. The van der Waals surface area contributed by atoms with Gasteiger partial charge in [-0.05, 0) is 42.7 Å². The van der Waals surface area contributed by atoms with Gasteiger partial charge in [-0.3, -0.25) is 9.59 Å². The first-order chi connectivity index (χ1) is 11.5. The summed E-state index contributed by atoms with van der Waals surface area (Å²) in [6.07, 6.45) is 0.525. The van der Waals surface area contributed by atoms with Gasteiger partial charge >= 0.3 is 5.97 Å². The largest absolute Gasteiger partial charge is 0.497 e. The number of halogens is 1. The highest BCUT2D eigenvalue weighted by Gasteiger charge is 2.32. The molecule has 5 nitrogen and oxygen atoms in total. The van der Waals surface area contributed by atoms with E-state index in [9.17, 15) is 9.59 Å². The second-order valence-corrected chi connectivity index (χ2v) is 7.14. The number of amides is 1. The number of carbonyl (C=O) groups is 2. The molecule has 1 unspecified atom stereocenters. The van der Waals surface area contributed by atoms with Gasteiger partial charge in [0.2, 0.25) is 0 Å². The van der Waals surface area contributed by atoms with Crippen molar-refractivity contribution >= 4 is 35.6 Å². The normalized spacial score (nSPS) is 16.4. The number of benzene rings is 1. The highest BCUT2D eigenvalue weighted by molar-refractivity contribution is 7.14. The Labute approximate surface area is 156 Å². The van der Waals surface area contributed by atoms with Gasteiger partial charge in [-0.15, -0.1) is 23.7 Å². The number of thiophene rings is 1. The molecule has 7 heteroatoms. The van der Waals surface area contributed by atoms with Crippen LogP contribution in [0.4, 0.5) is 0 Å². The summed E-state index contributed by atoms with van der Waals surface area (Å²) in [4.78, 5) is 27.1. The van der Waals surface area contributed by atoms with Gasteiger partial charge in [0.05, 0.1) is 17.9 Å². The van der Waals surface area contributed by atoms with Gasteiger partial charge in [0.25, 0.3) is 5.91 Å². The maximum Gasteiger partial charge on any atom is 0.308 e. The molecule has 1 atom stereocenters. The van der Waals surface area contributed by atoms with Crippen LogP contribution in [0.25, 0.3) is 11.1 Å². The summed E-state index contributed by atoms with van der Waals surface area (Å²) in [5.74, 6) is -0.561. The lowest BCUT2D eigenvalue weighted by molar-refractivity contribution is -0.141. The second kappa shape index (κ2) is 7.89. The molecule has 0 bridgehead atoms. The van der Waals surface area contributed by atoms with E-state index in [2.05, 4.69) is 0 Å². The molecule has 0 spiro atoms. The summed E-state index contributed by atoms with van der Waals surface area (Å²) < 4.78 is 5.17. The van der Waals surface area contributed by atoms with E-state index in [1.54, 1.807) is 12.0 Å². The average Bonchev–Trinajstić information content (AvgIpc) is 3.21. The summed E-state index contributed by atoms with van der Waals surface area (Å²) in [5, 5.41) is 9.08. The topological polar surface area (TPSA) is 66.8 Å². The van der Waals surface area contributed by atoms with Crippen molar-refractivity contribution in [2.24, 2.45) is 5.92 Å². The second-order valence-electron chi connectivity index (χ2n) is 5.88. The van der Waals surface area contributed by atoms with Crippen LogP contribution in [0.5, 0.6) is 5.75 Å². The van der Waals surface area contributed by atoms with Crippen molar-refractivity contribution in [3.63, 3.8) is 0 Å². The van der Waals surface area contributed by atoms with Crippen LogP contribution in [-0.4, -0.2) is 42.1 Å². The van der Waals surface area contributed by atoms with Gasteiger partial charge in [0.15, 0.2) is 0 Å². The SMILES string of the molecule is COc1ccc(-c2cc(C(=O)N3CCC(C(=O)O)C3)sc2C)cc1.Cl. The summed E-state index contributed by atoms with van der Waals surface area (Å²) >= 11 is 1.45. The zero-order chi connectivity index (χ0) is 17.3. The molecular formula is C18H20ClNO4S. The predicted octanol–water partition coefficient (Wildman–Crippen LogP) is 3.70. The maximum atomic E-state index is 12.6. The van der Waals surface area contributed by atoms with Crippen molar-refractivity contribution in [2.45, 2.75) is 13.3 Å². The fourth-order valence-electron chi connectivity index (χ4n) is 2.95. The van der Waals surface area contributed by atoms with Crippen molar-refractivity contribution in [1.82, 2.24) is 4.90 Å². The van der Waals surface area contributed by atoms with Crippen LogP contribution in [0.3, 0.4) is 0 Å². The van der Waals surface area contributed by atoms with Crippen molar-refractivity contribution < 1.29 is 19.4 Å². The molecule has 2 aromatic rings. The van der Waals surface area contributed by atoms with Gasteiger partial charge in [-0.2, -0.15) is 0 Å². The third kappa shape index (κ3) is 3.96. The van der Waals surface area contributed by atoms with Crippen molar-refractivity contribution in [2.75, 3.05) is 20.2 Å². The van der Waals surface area contributed by atoms with Crippen LogP contribution < -0.4 is 4.74 Å². The van der Waals surface area contributed by atoms with Crippen molar-refractivity contribution in [3.8, 4) is 16.9 Å². The predicted molar refractivity (Wildman–Crippen MR) is 99.9 cm³/mol. The van der Waals surface area contributed by atoms with E-state index >= 15 is 0 Å². The first-order valence-electron chi connectivity index (χ1n) is 7.76.